The van der Waals surface area contributed by atoms with Gasteiger partial charge in [0.1, 0.15) is 5.56 Å². The van der Waals surface area contributed by atoms with Crippen molar-refractivity contribution in [2.45, 2.75) is 46.5 Å². The number of para-hydroxylation sites is 1. The number of amides is 1. The van der Waals surface area contributed by atoms with Gasteiger partial charge in [-0.05, 0) is 42.0 Å². The van der Waals surface area contributed by atoms with E-state index in [1.807, 2.05) is 64.1 Å². The van der Waals surface area contributed by atoms with Gasteiger partial charge in [-0.3, -0.25) is 4.79 Å². The molecule has 3 rings (SSSR count). The van der Waals surface area contributed by atoms with Crippen molar-refractivity contribution in [3.8, 4) is 5.82 Å². The van der Waals surface area contributed by atoms with Crippen LogP contribution < -0.4 is 5.32 Å². The highest BCUT2D eigenvalue weighted by atomic mass is 16.5. The van der Waals surface area contributed by atoms with Gasteiger partial charge in [0, 0.05) is 11.9 Å². The lowest BCUT2D eigenvalue weighted by atomic mass is 10.0. The molecular weight excluding hydrogens is 392 g/mol. The summed E-state index contributed by atoms with van der Waals surface area (Å²) in [5, 5.41) is 7.23. The van der Waals surface area contributed by atoms with Crippen LogP contribution in [0.3, 0.4) is 0 Å². The molecule has 2 heterocycles. The largest absolute Gasteiger partial charge is 0.452 e. The first-order chi connectivity index (χ1) is 15.0. The minimum atomic E-state index is -0.583. The van der Waals surface area contributed by atoms with E-state index in [1.54, 1.807) is 10.9 Å². The van der Waals surface area contributed by atoms with Crippen LogP contribution in [0.25, 0.3) is 5.82 Å². The van der Waals surface area contributed by atoms with E-state index >= 15 is 0 Å². The fourth-order valence-electron chi connectivity index (χ4n) is 3.52. The van der Waals surface area contributed by atoms with Crippen LogP contribution in [0.5, 0.6) is 0 Å². The number of nitrogens with one attached hydrogen (secondary N) is 1. The van der Waals surface area contributed by atoms with Crippen LogP contribution in [0, 0.1) is 0 Å². The number of benzene rings is 1. The van der Waals surface area contributed by atoms with Gasteiger partial charge >= 0.3 is 5.97 Å². The van der Waals surface area contributed by atoms with Crippen LogP contribution in [-0.2, 0) is 22.4 Å². The van der Waals surface area contributed by atoms with Gasteiger partial charge in [-0.15, -0.1) is 0 Å². The summed E-state index contributed by atoms with van der Waals surface area (Å²) in [5.74, 6) is -0.330. The Hall–Kier alpha value is -3.48. The molecule has 0 saturated heterocycles. The Balaban J connectivity index is 1.73. The summed E-state index contributed by atoms with van der Waals surface area (Å²) in [4.78, 5) is 29.6. The Morgan fingerprint density at radius 2 is 1.77 bits per heavy atom. The fourth-order valence-corrected chi connectivity index (χ4v) is 3.52. The first-order valence-corrected chi connectivity index (χ1v) is 10.5. The van der Waals surface area contributed by atoms with Gasteiger partial charge in [0.05, 0.1) is 11.9 Å². The topological polar surface area (TPSA) is 86.1 Å². The zero-order valence-corrected chi connectivity index (χ0v) is 18.4. The molecule has 0 atom stereocenters. The van der Waals surface area contributed by atoms with Crippen molar-refractivity contribution < 1.29 is 14.3 Å². The summed E-state index contributed by atoms with van der Waals surface area (Å²) in [5.41, 5.74) is 3.93. The second-order valence-corrected chi connectivity index (χ2v) is 7.48. The average Bonchev–Trinajstić information content (AvgIpc) is 3.24. The van der Waals surface area contributed by atoms with E-state index in [0.29, 0.717) is 17.1 Å². The van der Waals surface area contributed by atoms with Gasteiger partial charge in [-0.2, -0.15) is 5.10 Å². The van der Waals surface area contributed by atoms with Crippen molar-refractivity contribution in [1.29, 1.82) is 0 Å². The Bertz CT molecular complexity index is 1040. The second-order valence-electron chi connectivity index (χ2n) is 7.48. The molecule has 31 heavy (non-hydrogen) atoms. The first-order valence-electron chi connectivity index (χ1n) is 10.5. The summed E-state index contributed by atoms with van der Waals surface area (Å²) < 4.78 is 6.96. The van der Waals surface area contributed by atoms with Crippen molar-refractivity contribution in [3.05, 3.63) is 71.2 Å². The number of aryl methyl sites for hydroxylation is 2. The molecule has 0 unspecified atom stereocenters. The Morgan fingerprint density at radius 1 is 1.06 bits per heavy atom. The van der Waals surface area contributed by atoms with Crippen molar-refractivity contribution >= 4 is 17.6 Å². The molecule has 0 bridgehead atoms. The number of hydrogen-bond acceptors (Lipinski definition) is 5. The number of nitrogens with zero attached hydrogens (tertiary/aromatic N) is 3. The number of carbonyl (C=O) groups excluding carboxylic acids is 2. The molecule has 7 heteroatoms. The van der Waals surface area contributed by atoms with Crippen LogP contribution in [0.15, 0.2) is 48.8 Å². The number of rotatable bonds is 8. The lowest BCUT2D eigenvalue weighted by Crippen LogP contribution is -2.23. The van der Waals surface area contributed by atoms with E-state index < -0.39 is 5.97 Å². The molecule has 0 aliphatic heterocycles. The highest BCUT2D eigenvalue weighted by Gasteiger charge is 2.23. The van der Waals surface area contributed by atoms with Crippen LogP contribution in [-0.4, -0.2) is 33.2 Å². The molecule has 2 aromatic heterocycles. The van der Waals surface area contributed by atoms with Crippen LogP contribution in [0.1, 0.15) is 60.8 Å². The molecule has 3 aromatic rings. The number of anilines is 1. The van der Waals surface area contributed by atoms with E-state index in [9.17, 15) is 9.59 Å². The van der Waals surface area contributed by atoms with E-state index in [-0.39, 0.29) is 18.4 Å². The summed E-state index contributed by atoms with van der Waals surface area (Å²) in [6.45, 7) is 7.64. The van der Waals surface area contributed by atoms with E-state index in [2.05, 4.69) is 15.4 Å². The van der Waals surface area contributed by atoms with Crippen molar-refractivity contribution in [2.24, 2.45) is 0 Å². The van der Waals surface area contributed by atoms with Gasteiger partial charge in [0.2, 0.25) is 0 Å². The predicted octanol–water partition coefficient (Wildman–Crippen LogP) is 4.31. The summed E-state index contributed by atoms with van der Waals surface area (Å²) in [7, 11) is 0. The zero-order chi connectivity index (χ0) is 22.4. The fraction of sp³-hybridized carbons (Fsp3) is 0.333. The van der Waals surface area contributed by atoms with Gasteiger partial charge < -0.3 is 10.1 Å². The molecule has 0 radical (unpaired) electrons. The lowest BCUT2D eigenvalue weighted by Gasteiger charge is -2.15. The minimum absolute atomic E-state index is 0.00410. The maximum absolute atomic E-state index is 12.7. The Kier molecular flexibility index (Phi) is 7.18. The zero-order valence-electron chi connectivity index (χ0n) is 18.4. The molecule has 7 nitrogen and oxygen atoms in total. The maximum atomic E-state index is 12.7. The highest BCUT2D eigenvalue weighted by Crippen LogP contribution is 2.24. The lowest BCUT2D eigenvalue weighted by molar-refractivity contribution is -0.119. The molecule has 162 valence electrons. The van der Waals surface area contributed by atoms with Crippen LogP contribution in [0.2, 0.25) is 0 Å². The predicted molar refractivity (Wildman–Crippen MR) is 120 cm³/mol. The quantitative estimate of drug-likeness (QED) is 0.549. The molecule has 1 amide bonds. The maximum Gasteiger partial charge on any atom is 0.342 e. The Labute approximate surface area is 182 Å². The summed E-state index contributed by atoms with van der Waals surface area (Å²) in [6, 6.07) is 11.5. The van der Waals surface area contributed by atoms with Crippen molar-refractivity contribution in [1.82, 2.24) is 14.8 Å². The monoisotopic (exact) mass is 420 g/mol. The molecule has 1 aromatic carbocycles. The minimum Gasteiger partial charge on any atom is -0.452 e. The smallest absolute Gasteiger partial charge is 0.342 e. The normalized spacial score (nSPS) is 10.9. The number of hydrogen-bond donors (Lipinski definition) is 1. The van der Waals surface area contributed by atoms with E-state index in [0.717, 1.165) is 29.7 Å². The third-order valence-electron chi connectivity index (χ3n) is 5.04. The first kappa shape index (κ1) is 22.2. The summed E-state index contributed by atoms with van der Waals surface area (Å²) in [6.07, 6.45) is 4.73. The molecule has 0 aliphatic carbocycles. The van der Waals surface area contributed by atoms with E-state index in [1.165, 1.54) is 6.20 Å². The van der Waals surface area contributed by atoms with Crippen LogP contribution >= 0.6 is 0 Å². The number of ether oxygens (including phenoxy) is 1. The molecule has 0 saturated carbocycles. The molecule has 0 spiro atoms. The van der Waals surface area contributed by atoms with Gasteiger partial charge in [0.15, 0.2) is 12.4 Å². The van der Waals surface area contributed by atoms with Crippen LogP contribution in [0.4, 0.5) is 5.69 Å². The third kappa shape index (κ3) is 4.99. The molecule has 0 fully saturated rings. The van der Waals surface area contributed by atoms with Crippen molar-refractivity contribution in [2.75, 3.05) is 11.9 Å². The number of aromatic nitrogens is 3. The number of pyridine rings is 1. The Morgan fingerprint density at radius 3 is 2.35 bits per heavy atom. The number of carbonyl (C=O) groups is 2. The third-order valence-corrected chi connectivity index (χ3v) is 5.04. The molecular formula is C24H28N4O3. The van der Waals surface area contributed by atoms with Gasteiger partial charge in [-0.1, -0.05) is 52.0 Å². The number of esters is 1. The van der Waals surface area contributed by atoms with Gasteiger partial charge in [0.25, 0.3) is 5.91 Å². The SMILES string of the molecule is CCc1cccc(CC)c1NC(=O)COC(=O)c1cnn(-c2ccccn2)c1C(C)C. The van der Waals surface area contributed by atoms with E-state index in [4.69, 9.17) is 4.74 Å². The average molecular weight is 421 g/mol. The summed E-state index contributed by atoms with van der Waals surface area (Å²) >= 11 is 0. The van der Waals surface area contributed by atoms with Crippen molar-refractivity contribution in [3.63, 3.8) is 0 Å². The molecule has 1 N–H and O–H groups in total. The standard InChI is InChI=1S/C24H28N4O3/c1-5-17-10-9-11-18(6-2)22(17)27-21(29)15-31-24(30)19-14-26-28(23(19)16(3)4)20-12-7-8-13-25-20/h7-14,16H,5-6,15H2,1-4H3,(H,27,29). The molecule has 0 aliphatic rings. The second kappa shape index (κ2) is 10.0. The highest BCUT2D eigenvalue weighted by molar-refractivity contribution is 5.96. The van der Waals surface area contributed by atoms with Gasteiger partial charge in [-0.25, -0.2) is 14.5 Å².